The Morgan fingerprint density at radius 2 is 2.08 bits per heavy atom. The Balaban J connectivity index is 1.68. The second kappa shape index (κ2) is 7.77. The van der Waals surface area contributed by atoms with Gasteiger partial charge in [0.1, 0.15) is 0 Å². The average Bonchev–Trinajstić information content (AvgIpc) is 3.06. The first-order chi connectivity index (χ1) is 12.5. The maximum atomic E-state index is 12.4. The average molecular weight is 351 g/mol. The number of aryl methyl sites for hydroxylation is 1. The molecule has 7 heteroatoms. The Kier molecular flexibility index (Phi) is 5.26. The molecule has 0 radical (unpaired) electrons. The number of hydrogen-bond donors (Lipinski definition) is 1. The molecule has 0 aliphatic heterocycles. The Labute approximate surface area is 152 Å². The van der Waals surface area contributed by atoms with Gasteiger partial charge >= 0.3 is 0 Å². The molecule has 0 saturated heterocycles. The van der Waals surface area contributed by atoms with Gasteiger partial charge in [-0.05, 0) is 31.5 Å². The Morgan fingerprint density at radius 3 is 2.73 bits per heavy atom. The molecule has 0 aliphatic rings. The highest BCUT2D eigenvalue weighted by Gasteiger charge is 2.11. The maximum Gasteiger partial charge on any atom is 0.253 e. The predicted octanol–water partition coefficient (Wildman–Crippen LogP) is 2.59. The molecule has 0 aromatic carbocycles. The third-order valence-electron chi connectivity index (χ3n) is 3.66. The van der Waals surface area contributed by atoms with E-state index in [2.05, 4.69) is 20.4 Å². The van der Waals surface area contributed by atoms with E-state index < -0.39 is 0 Å². The van der Waals surface area contributed by atoms with Crippen LogP contribution in [0.1, 0.15) is 29.8 Å². The molecule has 0 fully saturated rings. The van der Waals surface area contributed by atoms with E-state index in [1.165, 1.54) is 6.20 Å². The van der Waals surface area contributed by atoms with Gasteiger partial charge in [-0.15, -0.1) is 0 Å². The normalized spacial score (nSPS) is 10.8. The molecule has 0 unspecified atom stereocenters. The highest BCUT2D eigenvalue weighted by atomic mass is 16.5. The van der Waals surface area contributed by atoms with Crippen molar-refractivity contribution >= 4 is 5.91 Å². The van der Waals surface area contributed by atoms with Gasteiger partial charge < -0.3 is 10.1 Å². The molecule has 3 aromatic rings. The third kappa shape index (κ3) is 4.24. The minimum Gasteiger partial charge on any atom is -0.475 e. The highest BCUT2D eigenvalue weighted by molar-refractivity contribution is 5.93. The second-order valence-corrected chi connectivity index (χ2v) is 6.15. The Hall–Kier alpha value is -3.22. The first kappa shape index (κ1) is 17.6. The summed E-state index contributed by atoms with van der Waals surface area (Å²) in [5, 5.41) is 7.08. The highest BCUT2D eigenvalue weighted by Crippen LogP contribution is 2.20. The van der Waals surface area contributed by atoms with Gasteiger partial charge in [0.15, 0.2) is 0 Å². The van der Waals surface area contributed by atoms with Crippen LogP contribution in [0.25, 0.3) is 11.3 Å². The summed E-state index contributed by atoms with van der Waals surface area (Å²) < 4.78 is 7.21. The zero-order chi connectivity index (χ0) is 18.5. The molecular weight excluding hydrogens is 330 g/mol. The number of rotatable bonds is 6. The molecule has 1 N–H and O–H groups in total. The lowest BCUT2D eigenvalue weighted by Gasteiger charge is -2.10. The largest absolute Gasteiger partial charge is 0.475 e. The van der Waals surface area contributed by atoms with E-state index in [-0.39, 0.29) is 12.0 Å². The quantitative estimate of drug-likeness (QED) is 0.738. The van der Waals surface area contributed by atoms with E-state index in [1.807, 2.05) is 39.2 Å². The number of hydrogen-bond acceptors (Lipinski definition) is 5. The lowest BCUT2D eigenvalue weighted by Crippen LogP contribution is -2.23. The first-order valence-electron chi connectivity index (χ1n) is 8.37. The van der Waals surface area contributed by atoms with Gasteiger partial charge in [0.2, 0.25) is 5.88 Å². The number of pyridine rings is 2. The van der Waals surface area contributed by atoms with Crippen molar-refractivity contribution in [2.24, 2.45) is 7.05 Å². The molecule has 26 heavy (non-hydrogen) atoms. The van der Waals surface area contributed by atoms with Crippen LogP contribution in [0, 0.1) is 0 Å². The third-order valence-corrected chi connectivity index (χ3v) is 3.66. The molecule has 0 atom stereocenters. The summed E-state index contributed by atoms with van der Waals surface area (Å²) in [6.45, 7) is 4.22. The Bertz CT molecular complexity index is 887. The number of ether oxygens (including phenoxy) is 1. The molecule has 0 saturated carbocycles. The van der Waals surface area contributed by atoms with Gasteiger partial charge in [-0.1, -0.05) is 6.07 Å². The van der Waals surface area contributed by atoms with E-state index in [0.29, 0.717) is 18.0 Å². The standard InChI is InChI=1S/C19H21N5O2/c1-13(2)26-17-7-6-15(10-21-17)19(25)22-9-14-5-4-8-20-18(14)16-11-23-24(3)12-16/h4-8,10-13H,9H2,1-3H3,(H,22,25). The van der Waals surface area contributed by atoms with Gasteiger partial charge in [0.25, 0.3) is 5.91 Å². The summed E-state index contributed by atoms with van der Waals surface area (Å²) in [5.41, 5.74) is 3.11. The van der Waals surface area contributed by atoms with Crippen LogP contribution in [0.2, 0.25) is 0 Å². The van der Waals surface area contributed by atoms with E-state index in [4.69, 9.17) is 4.74 Å². The van der Waals surface area contributed by atoms with Gasteiger partial charge in [-0.2, -0.15) is 5.10 Å². The molecule has 0 bridgehead atoms. The number of aromatic nitrogens is 4. The number of amides is 1. The lowest BCUT2D eigenvalue weighted by molar-refractivity contribution is 0.0950. The Morgan fingerprint density at radius 1 is 1.23 bits per heavy atom. The fraction of sp³-hybridized carbons (Fsp3) is 0.263. The van der Waals surface area contributed by atoms with Crippen LogP contribution in [0.15, 0.2) is 49.1 Å². The van der Waals surface area contributed by atoms with Gasteiger partial charge in [0.05, 0.1) is 23.6 Å². The topological polar surface area (TPSA) is 81.9 Å². The zero-order valence-electron chi connectivity index (χ0n) is 15.0. The SMILES string of the molecule is CC(C)Oc1ccc(C(=O)NCc2cccnc2-c2cnn(C)c2)cn1. The lowest BCUT2D eigenvalue weighted by atomic mass is 10.1. The van der Waals surface area contributed by atoms with Crippen molar-refractivity contribution in [1.29, 1.82) is 0 Å². The smallest absolute Gasteiger partial charge is 0.253 e. The van der Waals surface area contributed by atoms with Crippen molar-refractivity contribution in [2.75, 3.05) is 0 Å². The summed E-state index contributed by atoms with van der Waals surface area (Å²) in [4.78, 5) is 20.9. The van der Waals surface area contributed by atoms with E-state index >= 15 is 0 Å². The second-order valence-electron chi connectivity index (χ2n) is 6.15. The summed E-state index contributed by atoms with van der Waals surface area (Å²) in [6.07, 6.45) is 6.93. The molecule has 134 valence electrons. The van der Waals surface area contributed by atoms with Crippen LogP contribution in [0.4, 0.5) is 0 Å². The van der Waals surface area contributed by atoms with E-state index in [1.54, 1.807) is 29.2 Å². The summed E-state index contributed by atoms with van der Waals surface area (Å²) >= 11 is 0. The zero-order valence-corrected chi connectivity index (χ0v) is 15.0. The van der Waals surface area contributed by atoms with Crippen LogP contribution < -0.4 is 10.1 Å². The van der Waals surface area contributed by atoms with Crippen LogP contribution >= 0.6 is 0 Å². The monoisotopic (exact) mass is 351 g/mol. The molecule has 0 aliphatic carbocycles. The van der Waals surface area contributed by atoms with Crippen LogP contribution in [-0.4, -0.2) is 31.8 Å². The van der Waals surface area contributed by atoms with Crippen LogP contribution in [-0.2, 0) is 13.6 Å². The van der Waals surface area contributed by atoms with Gasteiger partial charge in [-0.25, -0.2) is 4.98 Å². The maximum absolute atomic E-state index is 12.4. The van der Waals surface area contributed by atoms with Crippen molar-refractivity contribution < 1.29 is 9.53 Å². The number of nitrogens with one attached hydrogen (secondary N) is 1. The van der Waals surface area contributed by atoms with Crippen LogP contribution in [0.5, 0.6) is 5.88 Å². The number of carbonyl (C=O) groups is 1. The van der Waals surface area contributed by atoms with Crippen molar-refractivity contribution in [3.05, 3.63) is 60.2 Å². The van der Waals surface area contributed by atoms with Gasteiger partial charge in [0, 0.05) is 43.8 Å². The molecule has 7 nitrogen and oxygen atoms in total. The molecule has 3 aromatic heterocycles. The summed E-state index contributed by atoms with van der Waals surface area (Å²) in [7, 11) is 1.85. The minimum absolute atomic E-state index is 0.0404. The molecule has 0 spiro atoms. The van der Waals surface area contributed by atoms with Crippen LogP contribution in [0.3, 0.4) is 0 Å². The fourth-order valence-electron chi connectivity index (χ4n) is 2.49. The molecule has 1 amide bonds. The summed E-state index contributed by atoms with van der Waals surface area (Å²) in [5.74, 6) is 0.303. The van der Waals surface area contributed by atoms with Crippen molar-refractivity contribution in [3.63, 3.8) is 0 Å². The fourth-order valence-corrected chi connectivity index (χ4v) is 2.49. The van der Waals surface area contributed by atoms with E-state index in [9.17, 15) is 4.79 Å². The molecule has 3 rings (SSSR count). The molecule has 3 heterocycles. The van der Waals surface area contributed by atoms with Crippen molar-refractivity contribution in [3.8, 4) is 17.1 Å². The number of carbonyl (C=O) groups excluding carboxylic acids is 1. The minimum atomic E-state index is -0.199. The van der Waals surface area contributed by atoms with Crippen molar-refractivity contribution in [1.82, 2.24) is 25.1 Å². The summed E-state index contributed by atoms with van der Waals surface area (Å²) in [6, 6.07) is 7.18. The predicted molar refractivity (Wildman–Crippen MR) is 97.6 cm³/mol. The van der Waals surface area contributed by atoms with E-state index in [0.717, 1.165) is 16.8 Å². The van der Waals surface area contributed by atoms with Gasteiger partial charge in [-0.3, -0.25) is 14.5 Å². The first-order valence-corrected chi connectivity index (χ1v) is 8.37. The number of nitrogens with zero attached hydrogens (tertiary/aromatic N) is 4. The van der Waals surface area contributed by atoms with Crippen molar-refractivity contribution in [2.45, 2.75) is 26.5 Å². The molecular formula is C19H21N5O2.